The van der Waals surface area contributed by atoms with Crippen molar-refractivity contribution in [3.63, 3.8) is 0 Å². The Morgan fingerprint density at radius 1 is 1.31 bits per heavy atom. The van der Waals surface area contributed by atoms with Gasteiger partial charge >= 0.3 is 0 Å². The molecule has 0 fully saturated rings. The van der Waals surface area contributed by atoms with Crippen LogP contribution >= 0.6 is 0 Å². The number of nitrogen functional groups attached to an aromatic ring is 1. The van der Waals surface area contributed by atoms with Crippen LogP contribution in [-0.4, -0.2) is 15.0 Å². The molecule has 16 heavy (non-hydrogen) atoms. The summed E-state index contributed by atoms with van der Waals surface area (Å²) >= 11 is 0. The summed E-state index contributed by atoms with van der Waals surface area (Å²) < 4.78 is 51.3. The summed E-state index contributed by atoms with van der Waals surface area (Å²) in [7, 11) is -3.96. The first-order valence-electron chi connectivity index (χ1n) is 4.62. The first-order chi connectivity index (χ1) is 7.38. The molecule has 1 aromatic rings. The highest BCUT2D eigenvalue weighted by molar-refractivity contribution is 7.89. The van der Waals surface area contributed by atoms with E-state index in [0.29, 0.717) is 12.5 Å². The number of nitrogens with two attached hydrogens (primary N) is 1. The number of hydrogen-bond donors (Lipinski definition) is 2. The van der Waals surface area contributed by atoms with Gasteiger partial charge in [-0.3, -0.25) is 0 Å². The lowest BCUT2D eigenvalue weighted by atomic mass is 10.3. The first kappa shape index (κ1) is 12.9. The van der Waals surface area contributed by atoms with Gasteiger partial charge in [-0.2, -0.15) is 0 Å². The molecule has 0 aliphatic heterocycles. The van der Waals surface area contributed by atoms with Crippen LogP contribution in [0.3, 0.4) is 0 Å². The van der Waals surface area contributed by atoms with Crippen LogP contribution < -0.4 is 10.5 Å². The van der Waals surface area contributed by atoms with Gasteiger partial charge in [0.05, 0.1) is 5.69 Å². The third kappa shape index (κ3) is 2.67. The highest BCUT2D eigenvalue weighted by atomic mass is 32.2. The van der Waals surface area contributed by atoms with Crippen LogP contribution in [0.4, 0.5) is 14.5 Å². The molecule has 1 aromatic carbocycles. The summed E-state index contributed by atoms with van der Waals surface area (Å²) in [6.07, 6.45) is 0.567. The Labute approximate surface area is 92.5 Å². The Bertz CT molecular complexity index is 489. The van der Waals surface area contributed by atoms with Crippen LogP contribution in [0.2, 0.25) is 0 Å². The van der Waals surface area contributed by atoms with Gasteiger partial charge in [0.1, 0.15) is 16.5 Å². The second kappa shape index (κ2) is 4.75. The van der Waals surface area contributed by atoms with Gasteiger partial charge in [0.2, 0.25) is 10.0 Å². The molecule has 0 aromatic heterocycles. The maximum Gasteiger partial charge on any atom is 0.243 e. The van der Waals surface area contributed by atoms with Crippen molar-refractivity contribution in [1.29, 1.82) is 0 Å². The van der Waals surface area contributed by atoms with Gasteiger partial charge in [-0.1, -0.05) is 6.92 Å². The normalized spacial score (nSPS) is 11.7. The lowest BCUT2D eigenvalue weighted by molar-refractivity contribution is 0.544. The monoisotopic (exact) mass is 250 g/mol. The number of anilines is 1. The molecule has 0 bridgehead atoms. The van der Waals surface area contributed by atoms with Crippen molar-refractivity contribution in [1.82, 2.24) is 4.72 Å². The zero-order chi connectivity index (χ0) is 12.3. The Balaban J connectivity index is 3.18. The van der Waals surface area contributed by atoms with Crippen molar-refractivity contribution in [2.45, 2.75) is 18.2 Å². The van der Waals surface area contributed by atoms with Crippen molar-refractivity contribution < 1.29 is 17.2 Å². The molecule has 0 heterocycles. The van der Waals surface area contributed by atoms with Crippen molar-refractivity contribution >= 4 is 15.7 Å². The van der Waals surface area contributed by atoms with Gasteiger partial charge in [-0.15, -0.1) is 0 Å². The zero-order valence-electron chi connectivity index (χ0n) is 8.63. The topological polar surface area (TPSA) is 72.2 Å². The average molecular weight is 250 g/mol. The summed E-state index contributed by atoms with van der Waals surface area (Å²) in [5, 5.41) is 0. The Hall–Kier alpha value is -1.21. The predicted octanol–water partition coefficient (Wildman–Crippen LogP) is 1.24. The SMILES string of the molecule is CCCNS(=O)(=O)c1cc(N)c(F)cc1F. The molecule has 0 amide bonds. The molecule has 0 atom stereocenters. The summed E-state index contributed by atoms with van der Waals surface area (Å²) in [4.78, 5) is -0.639. The minimum Gasteiger partial charge on any atom is -0.396 e. The number of halogens is 2. The minimum absolute atomic E-state index is 0.180. The highest BCUT2D eigenvalue weighted by Gasteiger charge is 2.20. The molecule has 0 radical (unpaired) electrons. The summed E-state index contributed by atoms with van der Waals surface area (Å²) in [6.45, 7) is 1.94. The van der Waals surface area contributed by atoms with Crippen LogP contribution in [0.15, 0.2) is 17.0 Å². The summed E-state index contributed by atoms with van der Waals surface area (Å²) in [5.41, 5.74) is 4.78. The Kier molecular flexibility index (Phi) is 3.82. The van der Waals surface area contributed by atoms with Gasteiger partial charge in [0.15, 0.2) is 0 Å². The fraction of sp³-hybridized carbons (Fsp3) is 0.333. The molecule has 3 N–H and O–H groups in total. The van der Waals surface area contributed by atoms with E-state index in [1.165, 1.54) is 0 Å². The molecular weight excluding hydrogens is 238 g/mol. The van der Waals surface area contributed by atoms with Crippen LogP contribution in [0.1, 0.15) is 13.3 Å². The average Bonchev–Trinajstić information content (AvgIpc) is 2.20. The second-order valence-corrected chi connectivity index (χ2v) is 4.94. The zero-order valence-corrected chi connectivity index (χ0v) is 9.44. The number of rotatable bonds is 4. The Morgan fingerprint density at radius 3 is 2.50 bits per heavy atom. The van der Waals surface area contributed by atoms with Crippen LogP contribution in [0.25, 0.3) is 0 Å². The lowest BCUT2D eigenvalue weighted by Gasteiger charge is -2.07. The fourth-order valence-electron chi connectivity index (χ4n) is 1.06. The quantitative estimate of drug-likeness (QED) is 0.789. The second-order valence-electron chi connectivity index (χ2n) is 3.20. The smallest absolute Gasteiger partial charge is 0.243 e. The van der Waals surface area contributed by atoms with Crippen molar-refractivity contribution in [3.05, 3.63) is 23.8 Å². The van der Waals surface area contributed by atoms with Gasteiger partial charge in [-0.05, 0) is 12.5 Å². The molecular formula is C9H12F2N2O2S. The summed E-state index contributed by atoms with van der Waals surface area (Å²) in [5.74, 6) is -2.14. The molecule has 0 spiro atoms. The van der Waals surface area contributed by atoms with E-state index in [2.05, 4.69) is 4.72 Å². The van der Waals surface area contributed by atoms with E-state index < -0.39 is 32.2 Å². The molecule has 7 heteroatoms. The molecule has 4 nitrogen and oxygen atoms in total. The third-order valence-electron chi connectivity index (χ3n) is 1.88. The van der Waals surface area contributed by atoms with E-state index in [9.17, 15) is 17.2 Å². The molecule has 0 aliphatic rings. The van der Waals surface area contributed by atoms with Gasteiger partial charge in [0.25, 0.3) is 0 Å². The van der Waals surface area contributed by atoms with E-state index in [-0.39, 0.29) is 6.54 Å². The van der Waals surface area contributed by atoms with Gasteiger partial charge < -0.3 is 5.73 Å². The molecule has 1 rings (SSSR count). The first-order valence-corrected chi connectivity index (χ1v) is 6.11. The largest absolute Gasteiger partial charge is 0.396 e. The predicted molar refractivity (Wildman–Crippen MR) is 56.2 cm³/mol. The standard InChI is InChI=1S/C9H12F2N2O2S/c1-2-3-13-16(14,15)9-5-8(12)6(10)4-7(9)11/h4-5,13H,2-3,12H2,1H3. The van der Waals surface area contributed by atoms with Crippen LogP contribution in [0.5, 0.6) is 0 Å². The summed E-state index contributed by atoms with van der Waals surface area (Å²) in [6, 6.07) is 1.22. The van der Waals surface area contributed by atoms with E-state index in [0.717, 1.165) is 6.07 Å². The molecule has 0 aliphatic carbocycles. The van der Waals surface area contributed by atoms with E-state index in [1.807, 2.05) is 0 Å². The van der Waals surface area contributed by atoms with Crippen LogP contribution in [-0.2, 0) is 10.0 Å². The molecule has 90 valence electrons. The Morgan fingerprint density at radius 2 is 1.94 bits per heavy atom. The van der Waals surface area contributed by atoms with Gasteiger partial charge in [0, 0.05) is 12.6 Å². The number of hydrogen-bond acceptors (Lipinski definition) is 3. The van der Waals surface area contributed by atoms with E-state index in [1.54, 1.807) is 6.92 Å². The third-order valence-corrected chi connectivity index (χ3v) is 3.36. The van der Waals surface area contributed by atoms with Gasteiger partial charge in [-0.25, -0.2) is 21.9 Å². The van der Waals surface area contributed by atoms with Crippen molar-refractivity contribution in [3.8, 4) is 0 Å². The van der Waals surface area contributed by atoms with E-state index >= 15 is 0 Å². The number of benzene rings is 1. The lowest BCUT2D eigenvalue weighted by Crippen LogP contribution is -2.25. The number of nitrogens with one attached hydrogen (secondary N) is 1. The maximum atomic E-state index is 13.2. The molecule has 0 unspecified atom stereocenters. The highest BCUT2D eigenvalue weighted by Crippen LogP contribution is 2.20. The maximum absolute atomic E-state index is 13.2. The van der Waals surface area contributed by atoms with Crippen molar-refractivity contribution in [2.24, 2.45) is 0 Å². The van der Waals surface area contributed by atoms with Crippen molar-refractivity contribution in [2.75, 3.05) is 12.3 Å². The number of sulfonamides is 1. The fourth-order valence-corrected chi connectivity index (χ4v) is 2.29. The molecule has 0 saturated heterocycles. The minimum atomic E-state index is -3.96. The van der Waals surface area contributed by atoms with Crippen LogP contribution in [0, 0.1) is 11.6 Å². The molecule has 0 saturated carbocycles. The van der Waals surface area contributed by atoms with E-state index in [4.69, 9.17) is 5.73 Å².